The molecule has 1 aliphatic rings. The van der Waals surface area contributed by atoms with Crippen molar-refractivity contribution in [2.24, 2.45) is 5.92 Å². The molecule has 5 heteroatoms. The van der Waals surface area contributed by atoms with Crippen LogP contribution in [-0.2, 0) is 9.59 Å². The first-order chi connectivity index (χ1) is 7.41. The number of allylic oxidation sites excluding steroid dienone is 1. The van der Waals surface area contributed by atoms with Crippen molar-refractivity contribution >= 4 is 11.9 Å². The Morgan fingerprint density at radius 3 is 2.56 bits per heavy atom. The summed E-state index contributed by atoms with van der Waals surface area (Å²) in [6.07, 6.45) is 2.46. The number of likely N-dealkylation sites (tertiary alicyclic amines) is 1. The first kappa shape index (κ1) is 12.7. The third-order valence-electron chi connectivity index (χ3n) is 2.47. The van der Waals surface area contributed by atoms with Crippen molar-refractivity contribution in [3.8, 4) is 0 Å². The molecule has 2 unspecified atom stereocenters. The summed E-state index contributed by atoms with van der Waals surface area (Å²) in [6.45, 7) is 3.95. The fourth-order valence-electron chi connectivity index (χ4n) is 1.66. The lowest BCUT2D eigenvalue weighted by molar-refractivity contribution is -0.146. The molecular weight excluding hydrogens is 210 g/mol. The van der Waals surface area contributed by atoms with Gasteiger partial charge in [0.15, 0.2) is 0 Å². The third kappa shape index (κ3) is 3.06. The van der Waals surface area contributed by atoms with Crippen LogP contribution in [-0.4, -0.2) is 45.7 Å². The number of aliphatic carboxylic acids is 1. The van der Waals surface area contributed by atoms with E-state index in [4.69, 9.17) is 5.11 Å². The smallest absolute Gasteiger partial charge is 0.326 e. The predicted molar refractivity (Wildman–Crippen MR) is 57.7 cm³/mol. The SMILES string of the molecule is CC(C)/C=C/C(=O)N1CC(O)CC1C(=O)O. The number of aliphatic hydroxyl groups is 1. The zero-order valence-electron chi connectivity index (χ0n) is 9.46. The minimum absolute atomic E-state index is 0.0955. The molecule has 1 aliphatic heterocycles. The van der Waals surface area contributed by atoms with Crippen LogP contribution in [0.5, 0.6) is 0 Å². The van der Waals surface area contributed by atoms with E-state index in [0.29, 0.717) is 0 Å². The number of β-amino-alcohol motifs (C(OH)–C–C–N with tert-alkyl or cyclic N) is 1. The van der Waals surface area contributed by atoms with Crippen LogP contribution in [0.4, 0.5) is 0 Å². The summed E-state index contributed by atoms with van der Waals surface area (Å²) in [5, 5.41) is 18.3. The van der Waals surface area contributed by atoms with Crippen molar-refractivity contribution in [3.63, 3.8) is 0 Å². The number of hydrogen-bond acceptors (Lipinski definition) is 3. The van der Waals surface area contributed by atoms with E-state index in [1.165, 1.54) is 11.0 Å². The molecule has 0 aromatic carbocycles. The highest BCUT2D eigenvalue weighted by Crippen LogP contribution is 2.18. The molecule has 0 aliphatic carbocycles. The molecule has 0 radical (unpaired) electrons. The van der Waals surface area contributed by atoms with Crippen LogP contribution in [0.3, 0.4) is 0 Å². The molecule has 90 valence electrons. The van der Waals surface area contributed by atoms with E-state index < -0.39 is 18.1 Å². The normalized spacial score (nSPS) is 25.6. The average molecular weight is 227 g/mol. The van der Waals surface area contributed by atoms with Crippen molar-refractivity contribution in [1.29, 1.82) is 0 Å². The lowest BCUT2D eigenvalue weighted by Crippen LogP contribution is -2.39. The molecule has 0 saturated carbocycles. The second-order valence-electron chi connectivity index (χ2n) is 4.34. The molecule has 1 rings (SSSR count). The van der Waals surface area contributed by atoms with Gasteiger partial charge in [0.25, 0.3) is 0 Å². The van der Waals surface area contributed by atoms with Crippen LogP contribution in [0.15, 0.2) is 12.2 Å². The molecule has 0 aromatic heterocycles. The Morgan fingerprint density at radius 2 is 2.06 bits per heavy atom. The van der Waals surface area contributed by atoms with E-state index in [-0.39, 0.29) is 24.8 Å². The Morgan fingerprint density at radius 1 is 1.44 bits per heavy atom. The van der Waals surface area contributed by atoms with Gasteiger partial charge in [-0.25, -0.2) is 4.79 Å². The van der Waals surface area contributed by atoms with Gasteiger partial charge >= 0.3 is 5.97 Å². The number of nitrogens with zero attached hydrogens (tertiary/aromatic N) is 1. The molecule has 5 nitrogen and oxygen atoms in total. The van der Waals surface area contributed by atoms with Crippen LogP contribution in [0.2, 0.25) is 0 Å². The summed E-state index contributed by atoms with van der Waals surface area (Å²) in [5.74, 6) is -1.18. The summed E-state index contributed by atoms with van der Waals surface area (Å²) in [6, 6.07) is -0.903. The first-order valence-corrected chi connectivity index (χ1v) is 5.31. The molecule has 2 atom stereocenters. The Labute approximate surface area is 94.4 Å². The number of aliphatic hydroxyl groups excluding tert-OH is 1. The lowest BCUT2D eigenvalue weighted by Gasteiger charge is -2.19. The van der Waals surface area contributed by atoms with Gasteiger partial charge in [-0.15, -0.1) is 0 Å². The molecule has 2 N–H and O–H groups in total. The molecule has 0 bridgehead atoms. The van der Waals surface area contributed by atoms with Crippen LogP contribution in [0.1, 0.15) is 20.3 Å². The van der Waals surface area contributed by atoms with Crippen LogP contribution >= 0.6 is 0 Å². The molecule has 1 fully saturated rings. The highest BCUT2D eigenvalue weighted by molar-refractivity contribution is 5.91. The molecule has 16 heavy (non-hydrogen) atoms. The number of amides is 1. The average Bonchev–Trinajstić information content (AvgIpc) is 2.56. The summed E-state index contributed by atoms with van der Waals surface area (Å²) in [7, 11) is 0. The van der Waals surface area contributed by atoms with Crippen molar-refractivity contribution in [3.05, 3.63) is 12.2 Å². The van der Waals surface area contributed by atoms with Crippen molar-refractivity contribution in [2.75, 3.05) is 6.54 Å². The molecule has 0 spiro atoms. The number of rotatable bonds is 3. The number of carboxylic acid groups (broad SMARTS) is 1. The van der Waals surface area contributed by atoms with Gasteiger partial charge in [-0.3, -0.25) is 4.79 Å². The van der Waals surface area contributed by atoms with Crippen molar-refractivity contribution in [2.45, 2.75) is 32.4 Å². The van der Waals surface area contributed by atoms with Gasteiger partial charge in [0, 0.05) is 13.0 Å². The van der Waals surface area contributed by atoms with E-state index in [1.54, 1.807) is 6.08 Å². The molecular formula is C11H17NO4. The number of hydrogen-bond donors (Lipinski definition) is 2. The topological polar surface area (TPSA) is 77.8 Å². The summed E-state index contributed by atoms with van der Waals surface area (Å²) in [5.41, 5.74) is 0. The predicted octanol–water partition coefficient (Wildman–Crippen LogP) is 0.245. The maximum absolute atomic E-state index is 11.7. The minimum atomic E-state index is -1.07. The van der Waals surface area contributed by atoms with Crippen LogP contribution in [0, 0.1) is 5.92 Å². The Kier molecular flexibility index (Phi) is 4.06. The van der Waals surface area contributed by atoms with Gasteiger partial charge in [0.1, 0.15) is 6.04 Å². The highest BCUT2D eigenvalue weighted by Gasteiger charge is 2.37. The van der Waals surface area contributed by atoms with Gasteiger partial charge < -0.3 is 15.1 Å². The standard InChI is InChI=1S/C11H17NO4/c1-7(2)3-4-10(14)12-6-8(13)5-9(12)11(15)16/h3-4,7-9,13H,5-6H2,1-2H3,(H,15,16)/b4-3+. The van der Waals surface area contributed by atoms with Gasteiger partial charge in [-0.2, -0.15) is 0 Å². The second kappa shape index (κ2) is 5.12. The van der Waals surface area contributed by atoms with E-state index in [2.05, 4.69) is 0 Å². The van der Waals surface area contributed by atoms with Gasteiger partial charge in [-0.1, -0.05) is 19.9 Å². The number of carboxylic acids is 1. The fourth-order valence-corrected chi connectivity index (χ4v) is 1.66. The minimum Gasteiger partial charge on any atom is -0.480 e. The Hall–Kier alpha value is -1.36. The van der Waals surface area contributed by atoms with E-state index in [0.717, 1.165) is 0 Å². The second-order valence-corrected chi connectivity index (χ2v) is 4.34. The summed E-state index contributed by atoms with van der Waals surface area (Å²) in [4.78, 5) is 23.7. The number of carbonyl (C=O) groups excluding carboxylic acids is 1. The monoisotopic (exact) mass is 227 g/mol. The molecule has 0 aromatic rings. The van der Waals surface area contributed by atoms with E-state index in [1.807, 2.05) is 13.8 Å². The maximum Gasteiger partial charge on any atom is 0.326 e. The Balaban J connectivity index is 2.71. The highest BCUT2D eigenvalue weighted by atomic mass is 16.4. The molecule has 1 saturated heterocycles. The van der Waals surface area contributed by atoms with Crippen molar-refractivity contribution in [1.82, 2.24) is 4.90 Å². The molecule has 1 heterocycles. The van der Waals surface area contributed by atoms with E-state index in [9.17, 15) is 14.7 Å². The summed E-state index contributed by atoms with van der Waals surface area (Å²) < 4.78 is 0. The fraction of sp³-hybridized carbons (Fsp3) is 0.636. The molecule has 1 amide bonds. The zero-order valence-corrected chi connectivity index (χ0v) is 9.46. The summed E-state index contributed by atoms with van der Waals surface area (Å²) >= 11 is 0. The lowest BCUT2D eigenvalue weighted by atomic mass is 10.2. The largest absolute Gasteiger partial charge is 0.480 e. The van der Waals surface area contributed by atoms with E-state index >= 15 is 0 Å². The quantitative estimate of drug-likeness (QED) is 0.677. The zero-order chi connectivity index (χ0) is 12.3. The third-order valence-corrected chi connectivity index (χ3v) is 2.47. The maximum atomic E-state index is 11.7. The van der Waals surface area contributed by atoms with Gasteiger partial charge in [0.05, 0.1) is 6.10 Å². The number of carbonyl (C=O) groups is 2. The van der Waals surface area contributed by atoms with Crippen LogP contribution in [0.25, 0.3) is 0 Å². The van der Waals surface area contributed by atoms with Crippen molar-refractivity contribution < 1.29 is 19.8 Å². The van der Waals surface area contributed by atoms with Crippen LogP contribution < -0.4 is 0 Å². The first-order valence-electron chi connectivity index (χ1n) is 5.31. The van der Waals surface area contributed by atoms with Gasteiger partial charge in [0.2, 0.25) is 5.91 Å². The Bertz CT molecular complexity index is 311. The van der Waals surface area contributed by atoms with Gasteiger partial charge in [-0.05, 0) is 12.0 Å².